The first-order chi connectivity index (χ1) is 5.70. The van der Waals surface area contributed by atoms with Crippen molar-refractivity contribution in [2.75, 3.05) is 33.9 Å². The lowest BCUT2D eigenvalue weighted by Gasteiger charge is -2.28. The molecular weight excluding hydrogens is 154 g/mol. The van der Waals surface area contributed by atoms with Gasteiger partial charge in [-0.1, -0.05) is 0 Å². The first-order valence-electron chi connectivity index (χ1n) is 4.60. The third-order valence-electron chi connectivity index (χ3n) is 2.36. The van der Waals surface area contributed by atoms with E-state index >= 15 is 0 Å². The number of hydrogen-bond donors (Lipinski definition) is 1. The highest BCUT2D eigenvalue weighted by molar-refractivity contribution is 4.73. The number of aliphatic hydroxyl groups excluding tert-OH is 1. The smallest absolute Gasteiger partial charge is 0.0696 e. The fourth-order valence-electron chi connectivity index (χ4n) is 1.62. The van der Waals surface area contributed by atoms with E-state index in [1.165, 1.54) is 0 Å². The fraction of sp³-hybridized carbons (Fsp3) is 1.00. The standard InChI is InChI=1S/C9H19NO2/c1-10(2)7-9(11)8-3-5-12-6-4-8/h8-9,11H,3-7H2,1-2H3. The van der Waals surface area contributed by atoms with Gasteiger partial charge in [0.15, 0.2) is 0 Å². The van der Waals surface area contributed by atoms with Gasteiger partial charge in [-0.05, 0) is 32.9 Å². The van der Waals surface area contributed by atoms with Crippen molar-refractivity contribution < 1.29 is 9.84 Å². The molecule has 3 nitrogen and oxygen atoms in total. The molecule has 0 saturated carbocycles. The molecule has 1 heterocycles. The minimum atomic E-state index is -0.177. The van der Waals surface area contributed by atoms with Gasteiger partial charge in [0.25, 0.3) is 0 Å². The molecule has 0 bridgehead atoms. The van der Waals surface area contributed by atoms with E-state index in [1.807, 2.05) is 19.0 Å². The molecule has 1 saturated heterocycles. The molecule has 1 rings (SSSR count). The first-order valence-corrected chi connectivity index (χ1v) is 4.60. The average molecular weight is 173 g/mol. The quantitative estimate of drug-likeness (QED) is 0.668. The second-order valence-electron chi connectivity index (χ2n) is 3.78. The highest BCUT2D eigenvalue weighted by Gasteiger charge is 2.22. The van der Waals surface area contributed by atoms with Crippen LogP contribution in [-0.4, -0.2) is 50.0 Å². The normalized spacial score (nSPS) is 23.0. The maximum atomic E-state index is 9.75. The molecule has 0 aliphatic carbocycles. The van der Waals surface area contributed by atoms with Crippen LogP contribution in [0.5, 0.6) is 0 Å². The van der Waals surface area contributed by atoms with Crippen LogP contribution >= 0.6 is 0 Å². The Morgan fingerprint density at radius 1 is 1.42 bits per heavy atom. The molecule has 72 valence electrons. The lowest BCUT2D eigenvalue weighted by molar-refractivity contribution is -0.000798. The zero-order chi connectivity index (χ0) is 8.97. The lowest BCUT2D eigenvalue weighted by Crippen LogP contribution is -2.35. The van der Waals surface area contributed by atoms with Crippen molar-refractivity contribution in [3.05, 3.63) is 0 Å². The molecule has 1 unspecified atom stereocenters. The number of hydrogen-bond acceptors (Lipinski definition) is 3. The number of rotatable bonds is 3. The Kier molecular flexibility index (Phi) is 3.98. The summed E-state index contributed by atoms with van der Waals surface area (Å²) in [5.41, 5.74) is 0. The van der Waals surface area contributed by atoms with Crippen molar-refractivity contribution in [1.82, 2.24) is 4.90 Å². The Bertz CT molecular complexity index is 122. The number of ether oxygens (including phenoxy) is 1. The summed E-state index contributed by atoms with van der Waals surface area (Å²) in [6.07, 6.45) is 1.84. The molecular formula is C9H19NO2. The lowest BCUT2D eigenvalue weighted by atomic mass is 9.94. The van der Waals surface area contributed by atoms with Gasteiger partial charge in [0.1, 0.15) is 0 Å². The minimum absolute atomic E-state index is 0.177. The van der Waals surface area contributed by atoms with Crippen molar-refractivity contribution >= 4 is 0 Å². The van der Waals surface area contributed by atoms with Crippen LogP contribution < -0.4 is 0 Å². The van der Waals surface area contributed by atoms with Crippen LogP contribution in [0, 0.1) is 5.92 Å². The number of nitrogens with zero attached hydrogens (tertiary/aromatic N) is 1. The van der Waals surface area contributed by atoms with Crippen LogP contribution in [0.15, 0.2) is 0 Å². The van der Waals surface area contributed by atoms with Crippen LogP contribution in [0.4, 0.5) is 0 Å². The summed E-state index contributed by atoms with van der Waals surface area (Å²) < 4.78 is 5.23. The van der Waals surface area contributed by atoms with Crippen molar-refractivity contribution in [3.63, 3.8) is 0 Å². The Balaban J connectivity index is 2.24. The van der Waals surface area contributed by atoms with Crippen LogP contribution in [0.3, 0.4) is 0 Å². The monoisotopic (exact) mass is 173 g/mol. The summed E-state index contributed by atoms with van der Waals surface area (Å²) in [6.45, 7) is 2.40. The molecule has 0 amide bonds. The maximum absolute atomic E-state index is 9.75. The minimum Gasteiger partial charge on any atom is -0.392 e. The van der Waals surface area contributed by atoms with Gasteiger partial charge >= 0.3 is 0 Å². The van der Waals surface area contributed by atoms with Crippen molar-refractivity contribution in [2.24, 2.45) is 5.92 Å². The Morgan fingerprint density at radius 3 is 2.50 bits per heavy atom. The summed E-state index contributed by atoms with van der Waals surface area (Å²) in [5.74, 6) is 0.446. The second-order valence-corrected chi connectivity index (χ2v) is 3.78. The van der Waals surface area contributed by atoms with Crippen LogP contribution in [0.1, 0.15) is 12.8 Å². The van der Waals surface area contributed by atoms with E-state index in [-0.39, 0.29) is 6.10 Å². The summed E-state index contributed by atoms with van der Waals surface area (Å²) in [7, 11) is 3.98. The Hall–Kier alpha value is -0.120. The predicted octanol–water partition coefficient (Wildman–Crippen LogP) is 0.335. The number of aliphatic hydroxyl groups is 1. The highest BCUT2D eigenvalue weighted by atomic mass is 16.5. The molecule has 1 aliphatic rings. The van der Waals surface area contributed by atoms with Gasteiger partial charge in [-0.3, -0.25) is 0 Å². The molecule has 0 aromatic heterocycles. The molecule has 0 aromatic carbocycles. The zero-order valence-electron chi connectivity index (χ0n) is 7.99. The summed E-state index contributed by atoms with van der Waals surface area (Å²) in [4.78, 5) is 2.03. The molecule has 1 N–H and O–H groups in total. The van der Waals surface area contributed by atoms with Crippen molar-refractivity contribution in [2.45, 2.75) is 18.9 Å². The van der Waals surface area contributed by atoms with Gasteiger partial charge in [0, 0.05) is 19.8 Å². The molecule has 1 fully saturated rings. The highest BCUT2D eigenvalue weighted by Crippen LogP contribution is 2.18. The molecule has 1 atom stereocenters. The third-order valence-corrected chi connectivity index (χ3v) is 2.36. The SMILES string of the molecule is CN(C)CC(O)C1CCOCC1. The number of likely N-dealkylation sites (N-methyl/N-ethyl adjacent to an activating group) is 1. The van der Waals surface area contributed by atoms with E-state index in [4.69, 9.17) is 4.74 Å². The zero-order valence-corrected chi connectivity index (χ0v) is 7.99. The molecule has 0 aromatic rings. The summed E-state index contributed by atoms with van der Waals surface area (Å²) >= 11 is 0. The van der Waals surface area contributed by atoms with Gasteiger partial charge in [-0.2, -0.15) is 0 Å². The summed E-state index contributed by atoms with van der Waals surface area (Å²) in [6, 6.07) is 0. The fourth-order valence-corrected chi connectivity index (χ4v) is 1.62. The maximum Gasteiger partial charge on any atom is 0.0696 e. The molecule has 12 heavy (non-hydrogen) atoms. The molecule has 0 spiro atoms. The van der Waals surface area contributed by atoms with E-state index in [1.54, 1.807) is 0 Å². The third kappa shape index (κ3) is 3.09. The van der Waals surface area contributed by atoms with Crippen LogP contribution in [-0.2, 0) is 4.74 Å². The topological polar surface area (TPSA) is 32.7 Å². The van der Waals surface area contributed by atoms with E-state index in [0.717, 1.165) is 32.6 Å². The van der Waals surface area contributed by atoms with Gasteiger partial charge < -0.3 is 14.7 Å². The molecule has 3 heteroatoms. The van der Waals surface area contributed by atoms with Crippen molar-refractivity contribution in [1.29, 1.82) is 0 Å². The van der Waals surface area contributed by atoms with Gasteiger partial charge in [0.2, 0.25) is 0 Å². The molecule has 0 radical (unpaired) electrons. The molecule has 1 aliphatic heterocycles. The van der Waals surface area contributed by atoms with E-state index in [9.17, 15) is 5.11 Å². The van der Waals surface area contributed by atoms with E-state index in [0.29, 0.717) is 5.92 Å². The largest absolute Gasteiger partial charge is 0.392 e. The average Bonchev–Trinajstić information content (AvgIpc) is 2.05. The predicted molar refractivity (Wildman–Crippen MR) is 48.1 cm³/mol. The van der Waals surface area contributed by atoms with E-state index < -0.39 is 0 Å². The second kappa shape index (κ2) is 4.80. The Morgan fingerprint density at radius 2 is 2.00 bits per heavy atom. The first kappa shape index (κ1) is 9.96. The van der Waals surface area contributed by atoms with Crippen molar-refractivity contribution in [3.8, 4) is 0 Å². The van der Waals surface area contributed by atoms with Gasteiger partial charge in [0.05, 0.1) is 6.10 Å². The Labute approximate surface area is 74.3 Å². The van der Waals surface area contributed by atoms with Gasteiger partial charge in [-0.15, -0.1) is 0 Å². The van der Waals surface area contributed by atoms with E-state index in [2.05, 4.69) is 0 Å². The van der Waals surface area contributed by atoms with Crippen LogP contribution in [0.2, 0.25) is 0 Å². The van der Waals surface area contributed by atoms with Crippen LogP contribution in [0.25, 0.3) is 0 Å². The summed E-state index contributed by atoms with van der Waals surface area (Å²) in [5, 5.41) is 9.75. The van der Waals surface area contributed by atoms with Gasteiger partial charge in [-0.25, -0.2) is 0 Å².